The molecule has 118 valence electrons. The van der Waals surface area contributed by atoms with Crippen molar-refractivity contribution in [3.05, 3.63) is 23.0 Å². The summed E-state index contributed by atoms with van der Waals surface area (Å²) in [6.45, 7) is 13.0. The van der Waals surface area contributed by atoms with Crippen molar-refractivity contribution in [3.63, 3.8) is 0 Å². The molecule has 0 bridgehead atoms. The second-order valence-electron chi connectivity index (χ2n) is 7.01. The number of methoxy groups -OCH3 is 1. The molecule has 5 heteroatoms. The topological polar surface area (TPSA) is 34.5 Å². The number of rotatable bonds is 4. The van der Waals surface area contributed by atoms with E-state index in [1.165, 1.54) is 0 Å². The molecule has 0 spiro atoms. The highest BCUT2D eigenvalue weighted by atomic mass is 35.5. The second-order valence-corrected chi connectivity index (χ2v) is 8.95. The first kappa shape index (κ1) is 18.3. The monoisotopic (exact) mass is 328 g/mol. The minimum Gasteiger partial charge on any atom is -0.494 e. The van der Waals surface area contributed by atoms with Crippen LogP contribution in [0.15, 0.2) is 16.7 Å². The van der Waals surface area contributed by atoms with Crippen LogP contribution in [0.2, 0.25) is 5.15 Å². The van der Waals surface area contributed by atoms with Gasteiger partial charge in [0.25, 0.3) is 0 Å². The lowest BCUT2D eigenvalue weighted by Gasteiger charge is -2.23. The first-order valence-corrected chi connectivity index (χ1v) is 8.12. The van der Waals surface area contributed by atoms with Gasteiger partial charge in [0.15, 0.2) is 10.9 Å². The van der Waals surface area contributed by atoms with Gasteiger partial charge in [0, 0.05) is 28.5 Å². The maximum atomic E-state index is 5.97. The van der Waals surface area contributed by atoms with E-state index in [-0.39, 0.29) is 10.2 Å². The Balaban J connectivity index is 3.02. The molecule has 0 aromatic carbocycles. The van der Waals surface area contributed by atoms with Crippen molar-refractivity contribution in [1.82, 2.24) is 4.98 Å². The number of nitrogens with zero attached hydrogens (tertiary/aromatic N) is 2. The third kappa shape index (κ3) is 6.27. The quantitative estimate of drug-likeness (QED) is 0.431. The smallest absolute Gasteiger partial charge is 0.171 e. The van der Waals surface area contributed by atoms with Crippen LogP contribution in [0.3, 0.4) is 0 Å². The van der Waals surface area contributed by atoms with Crippen LogP contribution in [0.5, 0.6) is 5.75 Å². The fourth-order valence-electron chi connectivity index (χ4n) is 1.53. The highest BCUT2D eigenvalue weighted by Crippen LogP contribution is 2.30. The summed E-state index contributed by atoms with van der Waals surface area (Å²) in [5.41, 5.74) is 2.19. The number of pyridine rings is 1. The van der Waals surface area contributed by atoms with Gasteiger partial charge in [-0.15, -0.1) is 0 Å². The summed E-state index contributed by atoms with van der Waals surface area (Å²) in [4.78, 5) is 4.17. The highest BCUT2D eigenvalue weighted by molar-refractivity contribution is 7.99. The summed E-state index contributed by atoms with van der Waals surface area (Å²) in [6, 6.07) is 1.93. The number of aromatic nitrogens is 1. The Bertz CT molecular complexity index is 516. The van der Waals surface area contributed by atoms with E-state index in [1.807, 2.05) is 6.07 Å². The van der Waals surface area contributed by atoms with Crippen LogP contribution in [0, 0.1) is 5.41 Å². The summed E-state index contributed by atoms with van der Waals surface area (Å²) >= 11 is 7.58. The second kappa shape index (κ2) is 7.01. The fraction of sp³-hybridized carbons (Fsp3) is 0.625. The molecular formula is C16H25ClN2OS. The molecule has 0 fully saturated rings. The molecule has 0 saturated carbocycles. The molecule has 1 rings (SSSR count). The molecular weight excluding hydrogens is 304 g/mol. The van der Waals surface area contributed by atoms with E-state index in [2.05, 4.69) is 46.5 Å². The van der Waals surface area contributed by atoms with E-state index in [0.717, 1.165) is 17.7 Å². The molecule has 0 atom stereocenters. The Kier molecular flexibility index (Phi) is 6.11. The first-order chi connectivity index (χ1) is 9.53. The average Bonchev–Trinajstić information content (AvgIpc) is 2.33. The van der Waals surface area contributed by atoms with Crippen LogP contribution in [0.1, 0.15) is 47.1 Å². The molecule has 3 nitrogen and oxygen atoms in total. The summed E-state index contributed by atoms with van der Waals surface area (Å²) < 4.78 is 10.1. The van der Waals surface area contributed by atoms with Crippen molar-refractivity contribution >= 4 is 29.3 Å². The molecule has 1 aromatic rings. The summed E-state index contributed by atoms with van der Waals surface area (Å²) in [5.74, 6) is 0.603. The van der Waals surface area contributed by atoms with Crippen LogP contribution in [0.4, 0.5) is 0 Å². The van der Waals surface area contributed by atoms with Gasteiger partial charge in [-0.05, 0) is 44.3 Å². The lowest BCUT2D eigenvalue weighted by atomic mass is 9.86. The molecule has 0 radical (unpaired) electrons. The Hall–Kier alpha value is -0.740. The minimum atomic E-state index is 0.00508. The first-order valence-electron chi connectivity index (χ1n) is 6.97. The lowest BCUT2D eigenvalue weighted by molar-refractivity contribution is 0.412. The third-order valence-corrected chi connectivity index (χ3v) is 3.89. The molecule has 0 unspecified atom stereocenters. The van der Waals surface area contributed by atoms with Crippen molar-refractivity contribution in [2.45, 2.75) is 52.7 Å². The van der Waals surface area contributed by atoms with Gasteiger partial charge in [0.2, 0.25) is 0 Å². The third-order valence-electron chi connectivity index (χ3n) is 2.75. The van der Waals surface area contributed by atoms with E-state index >= 15 is 0 Å². The zero-order valence-electron chi connectivity index (χ0n) is 14.0. The highest BCUT2D eigenvalue weighted by Gasteiger charge is 2.21. The van der Waals surface area contributed by atoms with Crippen LogP contribution in [-0.2, 0) is 6.42 Å². The Morgan fingerprint density at radius 2 is 1.90 bits per heavy atom. The Morgan fingerprint density at radius 1 is 1.29 bits per heavy atom. The van der Waals surface area contributed by atoms with Gasteiger partial charge in [-0.1, -0.05) is 32.4 Å². The fourth-order valence-corrected chi connectivity index (χ4v) is 2.43. The van der Waals surface area contributed by atoms with E-state index in [0.29, 0.717) is 10.9 Å². The normalized spacial score (nSPS) is 13.4. The molecule has 0 N–H and O–H groups in total. The SMILES string of the molecule is COc1cc(C/C(=N/SC(C)(C)C)C(C)(C)C)cnc1Cl. The lowest BCUT2D eigenvalue weighted by Crippen LogP contribution is -2.23. The van der Waals surface area contributed by atoms with Crippen LogP contribution in [0.25, 0.3) is 0 Å². The summed E-state index contributed by atoms with van der Waals surface area (Å²) in [6.07, 6.45) is 2.53. The maximum absolute atomic E-state index is 5.97. The molecule has 0 aliphatic heterocycles. The average molecular weight is 329 g/mol. The standard InChI is InChI=1S/C16H25ClN2OS/c1-15(2,3)13(19-21-16(4,5)6)9-11-8-12(20-7)14(17)18-10-11/h8,10H,9H2,1-7H3/b19-13-. The van der Waals surface area contributed by atoms with E-state index in [4.69, 9.17) is 20.7 Å². The Labute approximate surface area is 137 Å². The minimum absolute atomic E-state index is 0.00508. The van der Waals surface area contributed by atoms with E-state index in [1.54, 1.807) is 25.3 Å². The molecule has 0 amide bonds. The van der Waals surface area contributed by atoms with Crippen molar-refractivity contribution in [2.24, 2.45) is 9.81 Å². The van der Waals surface area contributed by atoms with Crippen LogP contribution in [-0.4, -0.2) is 22.6 Å². The van der Waals surface area contributed by atoms with E-state index < -0.39 is 0 Å². The number of hydrogen-bond donors (Lipinski definition) is 0. The van der Waals surface area contributed by atoms with Gasteiger partial charge in [-0.2, -0.15) is 0 Å². The molecule has 1 aromatic heterocycles. The number of hydrogen-bond acceptors (Lipinski definition) is 4. The maximum Gasteiger partial charge on any atom is 0.171 e. The molecule has 0 aliphatic rings. The summed E-state index contributed by atoms with van der Waals surface area (Å²) in [5, 5.41) is 0.388. The zero-order valence-corrected chi connectivity index (χ0v) is 15.5. The van der Waals surface area contributed by atoms with Crippen molar-refractivity contribution in [1.29, 1.82) is 0 Å². The Morgan fingerprint density at radius 3 is 2.38 bits per heavy atom. The summed E-state index contributed by atoms with van der Waals surface area (Å²) in [7, 11) is 1.60. The van der Waals surface area contributed by atoms with Crippen molar-refractivity contribution in [3.8, 4) is 5.75 Å². The van der Waals surface area contributed by atoms with Gasteiger partial charge in [-0.25, -0.2) is 9.38 Å². The van der Waals surface area contributed by atoms with Gasteiger partial charge >= 0.3 is 0 Å². The van der Waals surface area contributed by atoms with Crippen molar-refractivity contribution in [2.75, 3.05) is 7.11 Å². The van der Waals surface area contributed by atoms with E-state index in [9.17, 15) is 0 Å². The van der Waals surface area contributed by atoms with Gasteiger partial charge < -0.3 is 4.74 Å². The number of halogens is 1. The van der Waals surface area contributed by atoms with Crippen molar-refractivity contribution < 1.29 is 4.74 Å². The number of ether oxygens (including phenoxy) is 1. The molecule has 0 saturated heterocycles. The van der Waals surface area contributed by atoms with Gasteiger partial charge in [0.05, 0.1) is 7.11 Å². The van der Waals surface area contributed by atoms with Gasteiger partial charge in [0.1, 0.15) is 0 Å². The zero-order chi connectivity index (χ0) is 16.3. The largest absolute Gasteiger partial charge is 0.494 e. The predicted molar refractivity (Wildman–Crippen MR) is 93.7 cm³/mol. The van der Waals surface area contributed by atoms with Crippen LogP contribution < -0.4 is 4.74 Å². The van der Waals surface area contributed by atoms with Gasteiger partial charge in [-0.3, -0.25) is 0 Å². The molecule has 1 heterocycles. The predicted octanol–water partition coefficient (Wildman–Crippen LogP) is 5.22. The molecule has 0 aliphatic carbocycles. The molecule has 21 heavy (non-hydrogen) atoms. The van der Waals surface area contributed by atoms with Crippen LogP contribution >= 0.6 is 23.5 Å².